The van der Waals surface area contributed by atoms with E-state index in [2.05, 4.69) is 19.2 Å². The number of halogens is 1. The van der Waals surface area contributed by atoms with Gasteiger partial charge in [0.25, 0.3) is 0 Å². The zero-order valence-electron chi connectivity index (χ0n) is 10.9. The summed E-state index contributed by atoms with van der Waals surface area (Å²) < 4.78 is 26.1. The molecular weight excluding hydrogens is 249 g/mol. The van der Waals surface area contributed by atoms with Gasteiger partial charge >= 0.3 is 0 Å². The van der Waals surface area contributed by atoms with E-state index in [1.807, 2.05) is 0 Å². The third-order valence-corrected chi connectivity index (χ3v) is 5.76. The quantitative estimate of drug-likeness (QED) is 0.910. The molecule has 1 fully saturated rings. The fourth-order valence-electron chi connectivity index (χ4n) is 2.75. The van der Waals surface area contributed by atoms with E-state index in [1.54, 1.807) is 18.2 Å². The highest BCUT2D eigenvalue weighted by Crippen LogP contribution is 2.33. The average Bonchev–Trinajstić information content (AvgIpc) is 2.72. The van der Waals surface area contributed by atoms with Crippen LogP contribution in [0.4, 0.5) is 4.39 Å². The fraction of sp³-hybridized carbons (Fsp3) is 0.571. The van der Waals surface area contributed by atoms with Gasteiger partial charge in [0.2, 0.25) is 0 Å². The molecule has 1 N–H and O–H groups in total. The summed E-state index contributed by atoms with van der Waals surface area (Å²) in [6, 6.07) is 6.82. The monoisotopic (exact) mass is 269 g/mol. The van der Waals surface area contributed by atoms with Crippen molar-refractivity contribution in [3.05, 3.63) is 30.1 Å². The molecule has 0 aliphatic heterocycles. The largest absolute Gasteiger partial charge is 0.314 e. The Bertz CT molecular complexity index is 438. The van der Waals surface area contributed by atoms with Crippen molar-refractivity contribution in [3.63, 3.8) is 0 Å². The molecule has 1 saturated carbocycles. The minimum atomic E-state index is -1.24. The topological polar surface area (TPSA) is 29.1 Å². The molecule has 1 aromatic carbocycles. The Morgan fingerprint density at radius 3 is 2.78 bits per heavy atom. The summed E-state index contributed by atoms with van der Waals surface area (Å²) in [6.45, 7) is 5.12. The molecule has 0 saturated heterocycles. The van der Waals surface area contributed by atoms with Gasteiger partial charge < -0.3 is 5.32 Å². The third kappa shape index (κ3) is 2.64. The zero-order valence-corrected chi connectivity index (χ0v) is 11.7. The van der Waals surface area contributed by atoms with Crippen LogP contribution in [0, 0.1) is 11.7 Å². The van der Waals surface area contributed by atoms with Crippen molar-refractivity contribution < 1.29 is 8.60 Å². The maximum absolute atomic E-state index is 13.7. The highest BCUT2D eigenvalue weighted by Gasteiger charge is 2.37. The van der Waals surface area contributed by atoms with Crippen LogP contribution in [-0.2, 0) is 10.8 Å². The molecule has 2 nitrogen and oxygen atoms in total. The number of hydrogen-bond donors (Lipinski definition) is 1. The maximum atomic E-state index is 13.7. The predicted molar refractivity (Wildman–Crippen MR) is 72.5 cm³/mol. The van der Waals surface area contributed by atoms with Crippen LogP contribution in [0.3, 0.4) is 0 Å². The lowest BCUT2D eigenvalue weighted by atomic mass is 10.1. The summed E-state index contributed by atoms with van der Waals surface area (Å²) in [4.78, 5) is 0.353. The van der Waals surface area contributed by atoms with Crippen LogP contribution in [0.2, 0.25) is 0 Å². The van der Waals surface area contributed by atoms with Gasteiger partial charge in [-0.25, -0.2) is 4.39 Å². The van der Waals surface area contributed by atoms with E-state index in [1.165, 1.54) is 6.07 Å². The van der Waals surface area contributed by atoms with Gasteiger partial charge in [0.05, 0.1) is 15.7 Å². The van der Waals surface area contributed by atoms with Crippen molar-refractivity contribution in [2.75, 3.05) is 6.54 Å². The van der Waals surface area contributed by atoms with Crippen LogP contribution in [0.25, 0.3) is 0 Å². The molecule has 1 aliphatic carbocycles. The molecule has 1 aromatic rings. The van der Waals surface area contributed by atoms with Crippen LogP contribution in [0.5, 0.6) is 0 Å². The van der Waals surface area contributed by atoms with Gasteiger partial charge in [0.1, 0.15) is 5.82 Å². The van der Waals surface area contributed by atoms with E-state index in [0.29, 0.717) is 16.9 Å². The second-order valence-electron chi connectivity index (χ2n) is 4.87. The SMILES string of the molecule is CCNC1CCC(S(=O)c2ccccc2F)C1C. The number of benzene rings is 1. The van der Waals surface area contributed by atoms with Crippen molar-refractivity contribution >= 4 is 10.8 Å². The van der Waals surface area contributed by atoms with E-state index in [4.69, 9.17) is 0 Å². The molecular formula is C14H20FNOS. The van der Waals surface area contributed by atoms with E-state index < -0.39 is 10.8 Å². The molecule has 4 atom stereocenters. The van der Waals surface area contributed by atoms with Crippen molar-refractivity contribution in [2.24, 2.45) is 5.92 Å². The first-order valence-corrected chi connectivity index (χ1v) is 7.75. The van der Waals surface area contributed by atoms with Gasteiger partial charge in [-0.2, -0.15) is 0 Å². The van der Waals surface area contributed by atoms with Crippen LogP contribution in [0.15, 0.2) is 29.2 Å². The minimum absolute atomic E-state index is 0.0611. The predicted octanol–water partition coefficient (Wildman–Crippen LogP) is 2.71. The van der Waals surface area contributed by atoms with Crippen LogP contribution < -0.4 is 5.32 Å². The first-order valence-electron chi connectivity index (χ1n) is 6.53. The molecule has 0 radical (unpaired) electrons. The summed E-state index contributed by atoms with van der Waals surface area (Å²) in [6.07, 6.45) is 1.93. The lowest BCUT2D eigenvalue weighted by molar-refractivity contribution is 0.438. The summed E-state index contributed by atoms with van der Waals surface area (Å²) in [5.74, 6) is -0.0275. The van der Waals surface area contributed by atoms with Gasteiger partial charge in [0.15, 0.2) is 0 Å². The van der Waals surface area contributed by atoms with Crippen molar-refractivity contribution in [3.8, 4) is 0 Å². The lowest BCUT2D eigenvalue weighted by Crippen LogP contribution is -2.35. The molecule has 0 aromatic heterocycles. The Kier molecular flexibility index (Phi) is 4.51. The first kappa shape index (κ1) is 13.7. The van der Waals surface area contributed by atoms with Crippen molar-refractivity contribution in [1.29, 1.82) is 0 Å². The lowest BCUT2D eigenvalue weighted by Gasteiger charge is -2.21. The standard InChI is InChI=1S/C14H20FNOS/c1-3-16-12-8-9-13(10(12)2)18(17)14-7-5-4-6-11(14)15/h4-7,10,12-13,16H,3,8-9H2,1-2H3. The zero-order chi connectivity index (χ0) is 13.1. The van der Waals surface area contributed by atoms with Crippen LogP contribution in [-0.4, -0.2) is 22.0 Å². The highest BCUT2D eigenvalue weighted by atomic mass is 32.2. The normalized spacial score (nSPS) is 29.4. The maximum Gasteiger partial charge on any atom is 0.139 e. The summed E-state index contributed by atoms with van der Waals surface area (Å²) >= 11 is 0. The molecule has 4 unspecified atom stereocenters. The number of nitrogens with one attached hydrogen (secondary N) is 1. The van der Waals surface area contributed by atoms with Gasteiger partial charge in [-0.15, -0.1) is 0 Å². The van der Waals surface area contributed by atoms with Gasteiger partial charge in [-0.05, 0) is 37.4 Å². The Hall–Kier alpha value is -0.740. The Labute approximate surface area is 110 Å². The van der Waals surface area contributed by atoms with Gasteiger partial charge in [-0.3, -0.25) is 4.21 Å². The molecule has 0 amide bonds. The van der Waals surface area contributed by atoms with Crippen LogP contribution in [0.1, 0.15) is 26.7 Å². The number of hydrogen-bond acceptors (Lipinski definition) is 2. The van der Waals surface area contributed by atoms with Crippen molar-refractivity contribution in [1.82, 2.24) is 5.32 Å². The second kappa shape index (κ2) is 5.93. The van der Waals surface area contributed by atoms with E-state index in [-0.39, 0.29) is 11.1 Å². The second-order valence-corrected chi connectivity index (χ2v) is 6.51. The average molecular weight is 269 g/mol. The molecule has 0 bridgehead atoms. The van der Waals surface area contributed by atoms with E-state index in [0.717, 1.165) is 19.4 Å². The first-order chi connectivity index (χ1) is 8.65. The number of rotatable bonds is 4. The summed E-state index contributed by atoms with van der Waals surface area (Å²) in [7, 11) is -1.24. The van der Waals surface area contributed by atoms with E-state index >= 15 is 0 Å². The molecule has 100 valence electrons. The Morgan fingerprint density at radius 2 is 2.11 bits per heavy atom. The molecule has 18 heavy (non-hydrogen) atoms. The minimum Gasteiger partial charge on any atom is -0.314 e. The van der Waals surface area contributed by atoms with E-state index in [9.17, 15) is 8.60 Å². The van der Waals surface area contributed by atoms with Gasteiger partial charge in [-0.1, -0.05) is 26.0 Å². The molecule has 0 heterocycles. The fourth-order valence-corrected chi connectivity index (χ4v) is 4.48. The van der Waals surface area contributed by atoms with Crippen LogP contribution >= 0.6 is 0 Å². The molecule has 2 rings (SSSR count). The molecule has 1 aliphatic rings. The smallest absolute Gasteiger partial charge is 0.139 e. The molecule has 0 spiro atoms. The van der Waals surface area contributed by atoms with Crippen molar-refractivity contribution in [2.45, 2.75) is 42.9 Å². The Morgan fingerprint density at radius 1 is 1.39 bits per heavy atom. The Balaban J connectivity index is 2.14. The third-order valence-electron chi connectivity index (χ3n) is 3.78. The summed E-state index contributed by atoms with van der Waals surface area (Å²) in [5.41, 5.74) is 0. The molecule has 4 heteroatoms. The highest BCUT2D eigenvalue weighted by molar-refractivity contribution is 7.85. The van der Waals surface area contributed by atoms with Gasteiger partial charge in [0, 0.05) is 11.3 Å². The summed E-state index contributed by atoms with van der Waals surface area (Å²) in [5, 5.41) is 3.48.